The van der Waals surface area contributed by atoms with Gasteiger partial charge < -0.3 is 10.2 Å². The lowest BCUT2D eigenvalue weighted by molar-refractivity contribution is 0.295. The lowest BCUT2D eigenvalue weighted by Gasteiger charge is -2.23. The van der Waals surface area contributed by atoms with Gasteiger partial charge in [0.15, 0.2) is 0 Å². The quantitative estimate of drug-likeness (QED) is 0.897. The fourth-order valence-corrected chi connectivity index (χ4v) is 2.84. The topological polar surface area (TPSA) is 15.3 Å². The largest absolute Gasteiger partial charge is 0.307 e. The van der Waals surface area contributed by atoms with Crippen molar-refractivity contribution in [1.82, 2.24) is 10.2 Å². The summed E-state index contributed by atoms with van der Waals surface area (Å²) in [5.74, 6) is -0.163. The molecule has 0 aliphatic carbocycles. The van der Waals surface area contributed by atoms with Crippen molar-refractivity contribution >= 4 is 0 Å². The fraction of sp³-hybridized carbons (Fsp3) is 0.625. The Balaban J connectivity index is 1.88. The van der Waals surface area contributed by atoms with E-state index in [4.69, 9.17) is 0 Å². The molecule has 1 saturated heterocycles. The third-order valence-electron chi connectivity index (χ3n) is 4.12. The van der Waals surface area contributed by atoms with E-state index in [1.54, 1.807) is 12.1 Å². The van der Waals surface area contributed by atoms with Crippen molar-refractivity contribution in [3.05, 3.63) is 35.6 Å². The Morgan fingerprint density at radius 3 is 2.68 bits per heavy atom. The molecule has 0 aromatic heterocycles. The summed E-state index contributed by atoms with van der Waals surface area (Å²) in [5, 5.41) is 3.69. The van der Waals surface area contributed by atoms with Gasteiger partial charge in [0.2, 0.25) is 0 Å². The molecule has 3 heteroatoms. The zero-order valence-corrected chi connectivity index (χ0v) is 12.0. The lowest BCUT2D eigenvalue weighted by atomic mass is 10.0. The van der Waals surface area contributed by atoms with Crippen LogP contribution in [0.5, 0.6) is 0 Å². The maximum absolute atomic E-state index is 12.9. The van der Waals surface area contributed by atoms with Crippen molar-refractivity contribution in [2.45, 2.75) is 45.2 Å². The van der Waals surface area contributed by atoms with Gasteiger partial charge in [0, 0.05) is 12.1 Å². The molecule has 1 aromatic carbocycles. The van der Waals surface area contributed by atoms with Gasteiger partial charge in [-0.25, -0.2) is 4.39 Å². The number of rotatable bonds is 4. The number of nitrogens with one attached hydrogen (secondary N) is 1. The van der Waals surface area contributed by atoms with Crippen LogP contribution in [-0.2, 0) is 0 Å². The molecular weight excluding hydrogens is 239 g/mol. The van der Waals surface area contributed by atoms with E-state index in [1.807, 2.05) is 12.1 Å². The van der Waals surface area contributed by atoms with E-state index in [0.29, 0.717) is 12.1 Å². The Morgan fingerprint density at radius 2 is 2.00 bits per heavy atom. The van der Waals surface area contributed by atoms with Gasteiger partial charge in [-0.05, 0) is 63.5 Å². The fourth-order valence-electron chi connectivity index (χ4n) is 2.84. The van der Waals surface area contributed by atoms with Crippen LogP contribution in [0.15, 0.2) is 24.3 Å². The molecule has 2 atom stereocenters. The highest BCUT2D eigenvalue weighted by Crippen LogP contribution is 2.18. The van der Waals surface area contributed by atoms with Gasteiger partial charge in [0.25, 0.3) is 0 Å². The molecular formula is C16H25FN2. The first-order valence-corrected chi connectivity index (χ1v) is 7.43. The first-order chi connectivity index (χ1) is 9.19. The van der Waals surface area contributed by atoms with E-state index in [-0.39, 0.29) is 5.82 Å². The Hall–Kier alpha value is -0.930. The third-order valence-corrected chi connectivity index (χ3v) is 4.12. The van der Waals surface area contributed by atoms with E-state index in [2.05, 4.69) is 24.1 Å². The van der Waals surface area contributed by atoms with Crippen LogP contribution in [0.3, 0.4) is 0 Å². The monoisotopic (exact) mass is 264 g/mol. The van der Waals surface area contributed by atoms with E-state index in [0.717, 1.165) is 12.1 Å². The van der Waals surface area contributed by atoms with Gasteiger partial charge in [0.1, 0.15) is 5.82 Å². The Morgan fingerprint density at radius 1 is 1.26 bits per heavy atom. The van der Waals surface area contributed by atoms with Crippen LogP contribution >= 0.6 is 0 Å². The molecule has 1 fully saturated rings. The van der Waals surface area contributed by atoms with Crippen LogP contribution < -0.4 is 5.32 Å². The second kappa shape index (κ2) is 7.01. The molecule has 2 rings (SSSR count). The molecule has 2 unspecified atom stereocenters. The Bertz CT molecular complexity index is 377. The Labute approximate surface area is 116 Å². The van der Waals surface area contributed by atoms with Gasteiger partial charge in [-0.15, -0.1) is 0 Å². The maximum Gasteiger partial charge on any atom is 0.123 e. The molecule has 1 N–H and O–H groups in total. The normalized spacial score (nSPS) is 23.0. The molecule has 0 spiro atoms. The van der Waals surface area contributed by atoms with Crippen molar-refractivity contribution in [3.63, 3.8) is 0 Å². The summed E-state index contributed by atoms with van der Waals surface area (Å²) in [7, 11) is 0. The molecule has 19 heavy (non-hydrogen) atoms. The smallest absolute Gasteiger partial charge is 0.123 e. The first-order valence-electron chi connectivity index (χ1n) is 7.43. The van der Waals surface area contributed by atoms with Gasteiger partial charge in [-0.1, -0.05) is 19.1 Å². The molecule has 1 aromatic rings. The summed E-state index contributed by atoms with van der Waals surface area (Å²) < 4.78 is 12.9. The highest BCUT2D eigenvalue weighted by Gasteiger charge is 2.18. The van der Waals surface area contributed by atoms with Crippen LogP contribution in [-0.4, -0.2) is 30.6 Å². The molecule has 0 saturated carbocycles. The van der Waals surface area contributed by atoms with Gasteiger partial charge >= 0.3 is 0 Å². The molecule has 0 radical (unpaired) electrons. The number of hydrogen-bond acceptors (Lipinski definition) is 2. The molecule has 0 bridgehead atoms. The number of halogens is 1. The van der Waals surface area contributed by atoms with Crippen molar-refractivity contribution < 1.29 is 4.39 Å². The summed E-state index contributed by atoms with van der Waals surface area (Å²) in [5.41, 5.74) is 1.16. The minimum Gasteiger partial charge on any atom is -0.307 e. The molecule has 2 nitrogen and oxygen atoms in total. The minimum atomic E-state index is -0.163. The predicted octanol–water partition coefficient (Wildman–Crippen LogP) is 3.35. The Kier molecular flexibility index (Phi) is 5.34. The molecule has 1 heterocycles. The van der Waals surface area contributed by atoms with E-state index >= 15 is 0 Å². The number of hydrogen-bond donors (Lipinski definition) is 1. The second-order valence-corrected chi connectivity index (χ2v) is 5.50. The summed E-state index contributed by atoms with van der Waals surface area (Å²) in [6.45, 7) is 7.95. The third kappa shape index (κ3) is 4.29. The van der Waals surface area contributed by atoms with Gasteiger partial charge in [-0.2, -0.15) is 0 Å². The average molecular weight is 264 g/mol. The first kappa shape index (κ1) is 14.5. The van der Waals surface area contributed by atoms with Gasteiger partial charge in [0.05, 0.1) is 0 Å². The lowest BCUT2D eigenvalue weighted by Crippen LogP contribution is -2.33. The number of nitrogens with zero attached hydrogens (tertiary/aromatic N) is 1. The van der Waals surface area contributed by atoms with Gasteiger partial charge in [-0.3, -0.25) is 0 Å². The van der Waals surface area contributed by atoms with Crippen molar-refractivity contribution in [2.75, 3.05) is 19.6 Å². The molecule has 0 amide bonds. The standard InChI is InChI=1S/C16H25FN2/c1-3-19-11-4-5-16(10-12-19)18-13(2)14-6-8-15(17)9-7-14/h6-9,13,16,18H,3-5,10-12H2,1-2H3. The minimum absolute atomic E-state index is 0.163. The van der Waals surface area contributed by atoms with Crippen LogP contribution in [0, 0.1) is 5.82 Å². The van der Waals surface area contributed by atoms with E-state index < -0.39 is 0 Å². The number of benzene rings is 1. The summed E-state index contributed by atoms with van der Waals surface area (Å²) in [6.07, 6.45) is 3.71. The zero-order valence-electron chi connectivity index (χ0n) is 12.0. The zero-order chi connectivity index (χ0) is 13.7. The van der Waals surface area contributed by atoms with E-state index in [1.165, 1.54) is 32.4 Å². The summed E-state index contributed by atoms with van der Waals surface area (Å²) >= 11 is 0. The molecule has 1 aliphatic heterocycles. The number of likely N-dealkylation sites (tertiary alicyclic amines) is 1. The maximum atomic E-state index is 12.9. The summed E-state index contributed by atoms with van der Waals surface area (Å²) in [4.78, 5) is 2.52. The second-order valence-electron chi connectivity index (χ2n) is 5.50. The predicted molar refractivity (Wildman–Crippen MR) is 77.7 cm³/mol. The van der Waals surface area contributed by atoms with Crippen LogP contribution in [0.1, 0.15) is 44.7 Å². The molecule has 1 aliphatic rings. The SMILES string of the molecule is CCN1CCCC(NC(C)c2ccc(F)cc2)CC1. The van der Waals surface area contributed by atoms with Crippen LogP contribution in [0.2, 0.25) is 0 Å². The highest BCUT2D eigenvalue weighted by molar-refractivity contribution is 5.19. The van der Waals surface area contributed by atoms with Crippen LogP contribution in [0.4, 0.5) is 4.39 Å². The highest BCUT2D eigenvalue weighted by atomic mass is 19.1. The van der Waals surface area contributed by atoms with Crippen molar-refractivity contribution in [3.8, 4) is 0 Å². The van der Waals surface area contributed by atoms with Crippen LogP contribution in [0.25, 0.3) is 0 Å². The summed E-state index contributed by atoms with van der Waals surface area (Å²) in [6, 6.07) is 7.71. The van der Waals surface area contributed by atoms with E-state index in [9.17, 15) is 4.39 Å². The van der Waals surface area contributed by atoms with Crippen molar-refractivity contribution in [1.29, 1.82) is 0 Å². The van der Waals surface area contributed by atoms with Crippen molar-refractivity contribution in [2.24, 2.45) is 0 Å². The molecule has 106 valence electrons. The average Bonchev–Trinajstić information content (AvgIpc) is 2.64.